The van der Waals surface area contributed by atoms with Crippen LogP contribution < -0.4 is 5.32 Å². The fourth-order valence-electron chi connectivity index (χ4n) is 3.03. The number of hydrogen-bond acceptors (Lipinski definition) is 2. The van der Waals surface area contributed by atoms with Crippen LogP contribution in [-0.4, -0.2) is 18.1 Å². The summed E-state index contributed by atoms with van der Waals surface area (Å²) < 4.78 is 0. The highest BCUT2D eigenvalue weighted by Crippen LogP contribution is 2.29. The zero-order valence-electron chi connectivity index (χ0n) is 13.0. The Morgan fingerprint density at radius 3 is 2.45 bits per heavy atom. The molecule has 1 aromatic carbocycles. The normalized spacial score (nSPS) is 17.5. The molecule has 0 bridgehead atoms. The minimum atomic E-state index is 0.511. The fourth-order valence-corrected chi connectivity index (χ4v) is 4.38. The van der Waals surface area contributed by atoms with Crippen molar-refractivity contribution in [1.82, 2.24) is 5.32 Å². The molecule has 1 nitrogen and oxygen atoms in total. The first-order chi connectivity index (χ1) is 9.83. The molecule has 0 aromatic heterocycles. The van der Waals surface area contributed by atoms with E-state index in [2.05, 4.69) is 55.2 Å². The first-order valence-electron chi connectivity index (χ1n) is 8.23. The molecule has 1 aliphatic rings. The number of nitrogens with one attached hydrogen (secondary N) is 1. The molecule has 0 saturated heterocycles. The lowest BCUT2D eigenvalue weighted by Crippen LogP contribution is -2.23. The topological polar surface area (TPSA) is 12.0 Å². The van der Waals surface area contributed by atoms with Gasteiger partial charge in [-0.25, -0.2) is 0 Å². The van der Waals surface area contributed by atoms with Crippen molar-refractivity contribution in [3.8, 4) is 0 Å². The lowest BCUT2D eigenvalue weighted by Gasteiger charge is -2.19. The number of benzene rings is 1. The van der Waals surface area contributed by atoms with Gasteiger partial charge < -0.3 is 5.32 Å². The van der Waals surface area contributed by atoms with Crippen molar-refractivity contribution in [2.45, 2.75) is 52.0 Å². The highest BCUT2D eigenvalue weighted by Gasteiger charge is 2.16. The monoisotopic (exact) mass is 291 g/mol. The SMILES string of the molecule is CCNC(CSCC1CCCC1)c1ccc(CC)cc1. The van der Waals surface area contributed by atoms with E-state index < -0.39 is 0 Å². The molecule has 1 saturated carbocycles. The minimum absolute atomic E-state index is 0.511. The number of aryl methyl sites for hydroxylation is 1. The van der Waals surface area contributed by atoms with Gasteiger partial charge in [0.1, 0.15) is 0 Å². The second kappa shape index (κ2) is 8.74. The smallest absolute Gasteiger partial charge is 0.0411 e. The molecule has 0 spiro atoms. The molecule has 2 heteroatoms. The van der Waals surface area contributed by atoms with Crippen LogP contribution in [0.1, 0.15) is 56.7 Å². The molecule has 0 aliphatic heterocycles. The molecule has 1 aliphatic carbocycles. The molecule has 0 radical (unpaired) electrons. The molecule has 1 aromatic rings. The van der Waals surface area contributed by atoms with Crippen LogP contribution in [0.15, 0.2) is 24.3 Å². The molecule has 1 fully saturated rings. The molecule has 1 N–H and O–H groups in total. The van der Waals surface area contributed by atoms with E-state index in [1.165, 1.54) is 48.3 Å². The first kappa shape index (κ1) is 15.9. The van der Waals surface area contributed by atoms with Gasteiger partial charge in [-0.3, -0.25) is 0 Å². The molecular formula is C18H29NS. The molecule has 0 amide bonds. The predicted octanol–water partition coefficient (Wildman–Crippen LogP) is 4.82. The zero-order valence-corrected chi connectivity index (χ0v) is 13.8. The van der Waals surface area contributed by atoms with Gasteiger partial charge in [0, 0.05) is 11.8 Å². The van der Waals surface area contributed by atoms with E-state index in [9.17, 15) is 0 Å². The summed E-state index contributed by atoms with van der Waals surface area (Å²) in [4.78, 5) is 0. The van der Waals surface area contributed by atoms with E-state index in [-0.39, 0.29) is 0 Å². The Balaban J connectivity index is 1.84. The summed E-state index contributed by atoms with van der Waals surface area (Å²) in [5.74, 6) is 3.55. The van der Waals surface area contributed by atoms with Crippen molar-refractivity contribution in [2.24, 2.45) is 5.92 Å². The maximum atomic E-state index is 3.64. The van der Waals surface area contributed by atoms with E-state index >= 15 is 0 Å². The van der Waals surface area contributed by atoms with Gasteiger partial charge in [-0.1, -0.05) is 51.0 Å². The third kappa shape index (κ3) is 4.82. The van der Waals surface area contributed by atoms with Crippen LogP contribution in [0.2, 0.25) is 0 Å². The quantitative estimate of drug-likeness (QED) is 0.736. The van der Waals surface area contributed by atoms with E-state index in [1.807, 2.05) is 0 Å². The summed E-state index contributed by atoms with van der Waals surface area (Å²) in [5.41, 5.74) is 2.88. The lowest BCUT2D eigenvalue weighted by molar-refractivity contribution is 0.599. The summed E-state index contributed by atoms with van der Waals surface area (Å²) in [6.07, 6.45) is 6.97. The van der Waals surface area contributed by atoms with Gasteiger partial charge in [-0.2, -0.15) is 11.8 Å². The first-order valence-corrected chi connectivity index (χ1v) is 9.39. The average Bonchev–Trinajstić information content (AvgIpc) is 3.00. The summed E-state index contributed by atoms with van der Waals surface area (Å²) in [6, 6.07) is 9.69. The van der Waals surface area contributed by atoms with Crippen LogP contribution in [0.25, 0.3) is 0 Å². The third-order valence-corrected chi connectivity index (χ3v) is 5.63. The van der Waals surface area contributed by atoms with Gasteiger partial charge in [-0.05, 0) is 48.6 Å². The molecular weight excluding hydrogens is 262 g/mol. The summed E-state index contributed by atoms with van der Waals surface area (Å²) in [6.45, 7) is 5.47. The Labute approximate surface area is 128 Å². The maximum Gasteiger partial charge on any atom is 0.0411 e. The van der Waals surface area contributed by atoms with Crippen LogP contribution in [-0.2, 0) is 6.42 Å². The van der Waals surface area contributed by atoms with Crippen LogP contribution in [0.3, 0.4) is 0 Å². The fraction of sp³-hybridized carbons (Fsp3) is 0.667. The van der Waals surface area contributed by atoms with Crippen molar-refractivity contribution in [1.29, 1.82) is 0 Å². The Morgan fingerprint density at radius 2 is 1.85 bits per heavy atom. The van der Waals surface area contributed by atoms with Crippen LogP contribution in [0.5, 0.6) is 0 Å². The molecule has 1 atom stereocenters. The van der Waals surface area contributed by atoms with Crippen molar-refractivity contribution < 1.29 is 0 Å². The van der Waals surface area contributed by atoms with E-state index in [1.54, 1.807) is 0 Å². The van der Waals surface area contributed by atoms with E-state index in [4.69, 9.17) is 0 Å². The molecule has 112 valence electrons. The predicted molar refractivity (Wildman–Crippen MR) is 91.5 cm³/mol. The number of thioether (sulfide) groups is 1. The molecule has 0 heterocycles. The molecule has 2 rings (SSSR count). The Kier molecular flexibility index (Phi) is 6.95. The van der Waals surface area contributed by atoms with Crippen LogP contribution in [0.4, 0.5) is 0 Å². The summed E-state index contributed by atoms with van der Waals surface area (Å²) in [7, 11) is 0. The highest BCUT2D eigenvalue weighted by molar-refractivity contribution is 7.99. The van der Waals surface area contributed by atoms with Gasteiger partial charge in [0.05, 0.1) is 0 Å². The summed E-state index contributed by atoms with van der Waals surface area (Å²) >= 11 is 2.14. The van der Waals surface area contributed by atoms with Crippen LogP contribution in [0, 0.1) is 5.92 Å². The Bertz CT molecular complexity index is 368. The second-order valence-electron chi connectivity index (χ2n) is 5.89. The largest absolute Gasteiger partial charge is 0.310 e. The van der Waals surface area contributed by atoms with Gasteiger partial charge >= 0.3 is 0 Å². The maximum absolute atomic E-state index is 3.64. The summed E-state index contributed by atoms with van der Waals surface area (Å²) in [5, 5.41) is 3.64. The van der Waals surface area contributed by atoms with Gasteiger partial charge in [0.15, 0.2) is 0 Å². The molecule has 1 unspecified atom stereocenters. The Hall–Kier alpha value is -0.470. The van der Waals surface area contributed by atoms with Crippen molar-refractivity contribution in [3.05, 3.63) is 35.4 Å². The van der Waals surface area contributed by atoms with Crippen LogP contribution >= 0.6 is 11.8 Å². The van der Waals surface area contributed by atoms with Crippen molar-refractivity contribution >= 4 is 11.8 Å². The lowest BCUT2D eigenvalue weighted by atomic mass is 10.0. The van der Waals surface area contributed by atoms with Gasteiger partial charge in [-0.15, -0.1) is 0 Å². The van der Waals surface area contributed by atoms with Gasteiger partial charge in [0.2, 0.25) is 0 Å². The van der Waals surface area contributed by atoms with E-state index in [0.29, 0.717) is 6.04 Å². The van der Waals surface area contributed by atoms with E-state index in [0.717, 1.165) is 18.9 Å². The second-order valence-corrected chi connectivity index (χ2v) is 6.97. The van der Waals surface area contributed by atoms with Crippen molar-refractivity contribution in [2.75, 3.05) is 18.1 Å². The zero-order chi connectivity index (χ0) is 14.2. The standard InChI is InChI=1S/C18H29NS/c1-3-15-9-11-17(12-10-15)18(19-4-2)14-20-13-16-7-5-6-8-16/h9-12,16,18-19H,3-8,13-14H2,1-2H3. The number of hydrogen-bond donors (Lipinski definition) is 1. The third-order valence-electron chi connectivity index (χ3n) is 4.35. The minimum Gasteiger partial charge on any atom is -0.310 e. The van der Waals surface area contributed by atoms with Crippen molar-refractivity contribution in [3.63, 3.8) is 0 Å². The highest BCUT2D eigenvalue weighted by atomic mass is 32.2. The Morgan fingerprint density at radius 1 is 1.15 bits per heavy atom. The molecule has 20 heavy (non-hydrogen) atoms. The average molecular weight is 292 g/mol. The number of rotatable bonds is 8. The van der Waals surface area contributed by atoms with Gasteiger partial charge in [0.25, 0.3) is 0 Å².